The molecule has 0 bridgehead atoms. The molecule has 0 unspecified atom stereocenters. The molecule has 4 nitrogen and oxygen atoms in total. The molecule has 12 heavy (non-hydrogen) atoms. The molecule has 0 saturated heterocycles. The highest BCUT2D eigenvalue weighted by atomic mass is 32.2. The molecule has 68 valence electrons. The van der Waals surface area contributed by atoms with Gasteiger partial charge in [0, 0.05) is 18.6 Å². The Morgan fingerprint density at radius 2 is 2.33 bits per heavy atom. The maximum Gasteiger partial charge on any atom is 0.227 e. The van der Waals surface area contributed by atoms with Crippen LogP contribution in [0.5, 0.6) is 0 Å². The summed E-state index contributed by atoms with van der Waals surface area (Å²) in [4.78, 5) is 4.17. The maximum absolute atomic E-state index is 5.34. The van der Waals surface area contributed by atoms with Crippen LogP contribution in [0.25, 0.3) is 0 Å². The van der Waals surface area contributed by atoms with Gasteiger partial charge in [0.1, 0.15) is 0 Å². The van der Waals surface area contributed by atoms with E-state index in [2.05, 4.69) is 16.4 Å². The first-order valence-corrected chi connectivity index (χ1v) is 5.26. The molecule has 0 saturated carbocycles. The van der Waals surface area contributed by atoms with Crippen LogP contribution in [-0.2, 0) is 12.8 Å². The Morgan fingerprint density at radius 1 is 1.50 bits per heavy atom. The third-order valence-corrected chi connectivity index (χ3v) is 2.01. The zero-order chi connectivity index (χ0) is 8.81. The number of rotatable bonds is 5. The fraction of sp³-hybridized carbons (Fsp3) is 0.714. The van der Waals surface area contributed by atoms with Crippen LogP contribution >= 0.6 is 11.8 Å². The first kappa shape index (κ1) is 9.54. The highest BCUT2D eigenvalue weighted by Crippen LogP contribution is 2.02. The van der Waals surface area contributed by atoms with Gasteiger partial charge in [-0.2, -0.15) is 16.7 Å². The Hall–Kier alpha value is -0.550. The smallest absolute Gasteiger partial charge is 0.227 e. The minimum absolute atomic E-state index is 0.571. The van der Waals surface area contributed by atoms with Crippen LogP contribution in [0.4, 0.5) is 0 Å². The summed E-state index contributed by atoms with van der Waals surface area (Å²) in [6.07, 6.45) is 3.60. The Morgan fingerprint density at radius 3 is 3.00 bits per heavy atom. The van der Waals surface area contributed by atoms with Gasteiger partial charge in [0.25, 0.3) is 0 Å². The van der Waals surface area contributed by atoms with Crippen molar-refractivity contribution in [1.82, 2.24) is 10.1 Å². The zero-order valence-corrected chi connectivity index (χ0v) is 7.93. The number of nitrogens with zero attached hydrogens (tertiary/aromatic N) is 2. The molecule has 2 N–H and O–H groups in total. The van der Waals surface area contributed by atoms with Gasteiger partial charge in [0.05, 0.1) is 0 Å². The normalized spacial score (nSPS) is 10.5. The number of hydrogen-bond donors (Lipinski definition) is 1. The largest absolute Gasteiger partial charge is 0.339 e. The van der Waals surface area contributed by atoms with Crippen molar-refractivity contribution in [2.75, 3.05) is 18.6 Å². The van der Waals surface area contributed by atoms with Crippen LogP contribution in [0, 0.1) is 0 Å². The van der Waals surface area contributed by atoms with Crippen molar-refractivity contribution >= 4 is 11.8 Å². The summed E-state index contributed by atoms with van der Waals surface area (Å²) >= 11 is 1.77. The maximum atomic E-state index is 5.34. The van der Waals surface area contributed by atoms with Gasteiger partial charge in [0.2, 0.25) is 5.89 Å². The first-order valence-electron chi connectivity index (χ1n) is 3.87. The van der Waals surface area contributed by atoms with E-state index in [1.54, 1.807) is 11.8 Å². The molecule has 0 radical (unpaired) electrons. The number of thioether (sulfide) groups is 1. The molecule has 5 heteroatoms. The molecule has 0 aromatic carbocycles. The van der Waals surface area contributed by atoms with Crippen molar-refractivity contribution in [3.63, 3.8) is 0 Å². The fourth-order valence-corrected chi connectivity index (χ4v) is 1.19. The van der Waals surface area contributed by atoms with Gasteiger partial charge in [-0.15, -0.1) is 0 Å². The number of aromatic nitrogens is 2. The Balaban J connectivity index is 2.41. The predicted octanol–water partition coefficient (Wildman–Crippen LogP) is 0.476. The van der Waals surface area contributed by atoms with Crippen molar-refractivity contribution in [2.24, 2.45) is 5.73 Å². The minimum atomic E-state index is 0.571. The van der Waals surface area contributed by atoms with E-state index in [9.17, 15) is 0 Å². The van der Waals surface area contributed by atoms with Gasteiger partial charge in [0.15, 0.2) is 5.82 Å². The molecule has 0 atom stereocenters. The van der Waals surface area contributed by atoms with E-state index in [0.29, 0.717) is 24.7 Å². The van der Waals surface area contributed by atoms with Crippen molar-refractivity contribution in [3.05, 3.63) is 11.7 Å². The Labute approximate surface area is 75.9 Å². The molecule has 1 aromatic heterocycles. The fourth-order valence-electron chi connectivity index (χ4n) is 0.812. The molecule has 0 aliphatic heterocycles. The van der Waals surface area contributed by atoms with E-state index < -0.39 is 0 Å². The van der Waals surface area contributed by atoms with Gasteiger partial charge in [-0.05, 0) is 12.8 Å². The summed E-state index contributed by atoms with van der Waals surface area (Å²) in [6.45, 7) is 0.571. The number of nitrogens with two attached hydrogens (primary N) is 1. The average Bonchev–Trinajstić information content (AvgIpc) is 2.50. The lowest BCUT2D eigenvalue weighted by molar-refractivity contribution is 0.377. The van der Waals surface area contributed by atoms with Crippen LogP contribution in [0.3, 0.4) is 0 Å². The molecule has 0 fully saturated rings. The van der Waals surface area contributed by atoms with Gasteiger partial charge >= 0.3 is 0 Å². The predicted molar refractivity (Wildman–Crippen MR) is 49.1 cm³/mol. The summed E-state index contributed by atoms with van der Waals surface area (Å²) in [5.74, 6) is 2.45. The first-order chi connectivity index (χ1) is 5.86. The second-order valence-corrected chi connectivity index (χ2v) is 3.37. The lowest BCUT2D eigenvalue weighted by atomic mass is 10.4. The van der Waals surface area contributed by atoms with Crippen LogP contribution in [0.15, 0.2) is 4.52 Å². The number of hydrogen-bond acceptors (Lipinski definition) is 5. The second-order valence-electron chi connectivity index (χ2n) is 2.39. The highest BCUT2D eigenvalue weighted by Gasteiger charge is 2.03. The highest BCUT2D eigenvalue weighted by molar-refractivity contribution is 7.98. The monoisotopic (exact) mass is 187 g/mol. The van der Waals surface area contributed by atoms with Crippen LogP contribution < -0.4 is 5.73 Å². The van der Waals surface area contributed by atoms with E-state index in [-0.39, 0.29) is 0 Å². The van der Waals surface area contributed by atoms with Crippen molar-refractivity contribution in [3.8, 4) is 0 Å². The third kappa shape index (κ3) is 2.83. The van der Waals surface area contributed by atoms with Gasteiger partial charge in [-0.3, -0.25) is 0 Å². The van der Waals surface area contributed by atoms with E-state index in [4.69, 9.17) is 10.3 Å². The zero-order valence-electron chi connectivity index (χ0n) is 7.12. The molecular weight excluding hydrogens is 174 g/mol. The van der Waals surface area contributed by atoms with Crippen LogP contribution in [-0.4, -0.2) is 28.7 Å². The van der Waals surface area contributed by atoms with Crippen molar-refractivity contribution in [1.29, 1.82) is 0 Å². The summed E-state index contributed by atoms with van der Waals surface area (Å²) in [7, 11) is 0. The topological polar surface area (TPSA) is 64.9 Å². The molecule has 1 rings (SSSR count). The molecule has 0 aliphatic rings. The second kappa shape index (κ2) is 5.16. The molecular formula is C7H13N3OS. The molecule has 0 aliphatic carbocycles. The van der Waals surface area contributed by atoms with E-state index in [0.717, 1.165) is 12.2 Å². The summed E-state index contributed by atoms with van der Waals surface area (Å²) in [5, 5.41) is 3.78. The SMILES string of the molecule is CSCCc1nc(CCN)no1. The Bertz CT molecular complexity index is 226. The van der Waals surface area contributed by atoms with E-state index in [1.165, 1.54) is 0 Å². The quantitative estimate of drug-likeness (QED) is 0.726. The van der Waals surface area contributed by atoms with Crippen LogP contribution in [0.1, 0.15) is 11.7 Å². The van der Waals surface area contributed by atoms with E-state index in [1.807, 2.05) is 0 Å². The van der Waals surface area contributed by atoms with Crippen LogP contribution in [0.2, 0.25) is 0 Å². The third-order valence-electron chi connectivity index (χ3n) is 1.40. The van der Waals surface area contributed by atoms with Crippen molar-refractivity contribution in [2.45, 2.75) is 12.8 Å². The lowest BCUT2D eigenvalue weighted by Gasteiger charge is -1.88. The number of aryl methyl sites for hydroxylation is 1. The molecule has 1 aromatic rings. The molecule has 0 amide bonds. The summed E-state index contributed by atoms with van der Waals surface area (Å²) < 4.78 is 4.99. The standard InChI is InChI=1S/C7H13N3OS/c1-12-5-3-7-9-6(2-4-8)10-11-7/h2-5,8H2,1H3. The molecule has 1 heterocycles. The molecule has 0 spiro atoms. The Kier molecular flexibility index (Phi) is 4.10. The van der Waals surface area contributed by atoms with Gasteiger partial charge in [-0.25, -0.2) is 0 Å². The van der Waals surface area contributed by atoms with E-state index >= 15 is 0 Å². The average molecular weight is 187 g/mol. The van der Waals surface area contributed by atoms with Gasteiger partial charge in [-0.1, -0.05) is 5.16 Å². The summed E-state index contributed by atoms with van der Waals surface area (Å²) in [5.41, 5.74) is 5.34. The van der Waals surface area contributed by atoms with Gasteiger partial charge < -0.3 is 10.3 Å². The van der Waals surface area contributed by atoms with Crippen molar-refractivity contribution < 1.29 is 4.52 Å². The lowest BCUT2D eigenvalue weighted by Crippen LogP contribution is -2.04. The summed E-state index contributed by atoms with van der Waals surface area (Å²) in [6, 6.07) is 0. The minimum Gasteiger partial charge on any atom is -0.339 e.